The van der Waals surface area contributed by atoms with E-state index < -0.39 is 5.97 Å². The Kier molecular flexibility index (Phi) is 4.68. The van der Waals surface area contributed by atoms with Crippen molar-refractivity contribution in [1.29, 1.82) is 0 Å². The number of piperazine rings is 1. The summed E-state index contributed by atoms with van der Waals surface area (Å²) in [7, 11) is 0. The second-order valence-electron chi connectivity index (χ2n) is 3.83. The molecule has 0 unspecified atom stereocenters. The fourth-order valence-corrected chi connectivity index (χ4v) is 1.61. The lowest BCUT2D eigenvalue weighted by atomic mass is 10.3. The standard InChI is InChI=1S/C11H16N2O4/c1-9(14)12-5-7-13(8-6-12)10(15)3-2-4-11(16)17/h2-3H,4-8H2,1H3,(H,16,17)/b3-2+. The number of carboxylic acid groups (broad SMARTS) is 1. The molecule has 1 rings (SSSR count). The van der Waals surface area contributed by atoms with E-state index in [1.807, 2.05) is 0 Å². The van der Waals surface area contributed by atoms with Crippen molar-refractivity contribution in [2.45, 2.75) is 13.3 Å². The first-order chi connectivity index (χ1) is 8.00. The Hall–Kier alpha value is -1.85. The lowest BCUT2D eigenvalue weighted by Gasteiger charge is -2.33. The van der Waals surface area contributed by atoms with Crippen molar-refractivity contribution in [2.75, 3.05) is 26.2 Å². The fraction of sp³-hybridized carbons (Fsp3) is 0.545. The quantitative estimate of drug-likeness (QED) is 0.687. The van der Waals surface area contributed by atoms with Gasteiger partial charge in [0.1, 0.15) is 0 Å². The molecule has 0 radical (unpaired) electrons. The van der Waals surface area contributed by atoms with Crippen LogP contribution in [0.15, 0.2) is 12.2 Å². The maximum absolute atomic E-state index is 11.6. The third-order valence-electron chi connectivity index (χ3n) is 2.59. The largest absolute Gasteiger partial charge is 0.481 e. The highest BCUT2D eigenvalue weighted by atomic mass is 16.4. The fourth-order valence-electron chi connectivity index (χ4n) is 1.61. The summed E-state index contributed by atoms with van der Waals surface area (Å²) in [5.74, 6) is -1.15. The molecule has 6 heteroatoms. The zero-order valence-electron chi connectivity index (χ0n) is 9.76. The molecule has 0 atom stereocenters. The summed E-state index contributed by atoms with van der Waals surface area (Å²) in [6.07, 6.45) is 2.46. The highest BCUT2D eigenvalue weighted by Crippen LogP contribution is 2.03. The molecule has 1 aliphatic heterocycles. The van der Waals surface area contributed by atoms with Gasteiger partial charge in [-0.2, -0.15) is 0 Å². The molecule has 0 aromatic rings. The molecule has 2 amide bonds. The number of hydrogen-bond donors (Lipinski definition) is 1. The van der Waals surface area contributed by atoms with Crippen molar-refractivity contribution in [3.05, 3.63) is 12.2 Å². The second kappa shape index (κ2) is 6.03. The molecule has 0 spiro atoms. The number of aliphatic carboxylic acids is 1. The topological polar surface area (TPSA) is 77.9 Å². The van der Waals surface area contributed by atoms with Gasteiger partial charge in [0.15, 0.2) is 0 Å². The van der Waals surface area contributed by atoms with E-state index in [2.05, 4.69) is 0 Å². The van der Waals surface area contributed by atoms with Crippen LogP contribution in [0.5, 0.6) is 0 Å². The monoisotopic (exact) mass is 240 g/mol. The highest BCUT2D eigenvalue weighted by Gasteiger charge is 2.20. The van der Waals surface area contributed by atoms with Gasteiger partial charge >= 0.3 is 5.97 Å². The highest BCUT2D eigenvalue weighted by molar-refractivity contribution is 5.88. The van der Waals surface area contributed by atoms with Crippen LogP contribution in [0.1, 0.15) is 13.3 Å². The Morgan fingerprint density at radius 2 is 1.65 bits per heavy atom. The Morgan fingerprint density at radius 1 is 1.12 bits per heavy atom. The molecule has 0 saturated carbocycles. The van der Waals surface area contributed by atoms with Crippen LogP contribution in [0.2, 0.25) is 0 Å². The Balaban J connectivity index is 2.38. The van der Waals surface area contributed by atoms with Gasteiger partial charge in [0.2, 0.25) is 11.8 Å². The van der Waals surface area contributed by atoms with Crippen LogP contribution in [0.25, 0.3) is 0 Å². The summed E-state index contributed by atoms with van der Waals surface area (Å²) >= 11 is 0. The molecule has 1 aliphatic rings. The average molecular weight is 240 g/mol. The molecular weight excluding hydrogens is 224 g/mol. The van der Waals surface area contributed by atoms with Gasteiger partial charge in [-0.05, 0) is 6.08 Å². The minimum atomic E-state index is -0.963. The van der Waals surface area contributed by atoms with Crippen molar-refractivity contribution in [1.82, 2.24) is 9.80 Å². The van der Waals surface area contributed by atoms with Crippen LogP contribution in [-0.4, -0.2) is 58.9 Å². The average Bonchev–Trinajstić information content (AvgIpc) is 2.28. The second-order valence-corrected chi connectivity index (χ2v) is 3.83. The number of carbonyl (C=O) groups is 3. The lowest BCUT2D eigenvalue weighted by molar-refractivity contribution is -0.136. The van der Waals surface area contributed by atoms with E-state index >= 15 is 0 Å². The minimum Gasteiger partial charge on any atom is -0.481 e. The first kappa shape index (κ1) is 13.2. The maximum atomic E-state index is 11.6. The van der Waals surface area contributed by atoms with Crippen LogP contribution >= 0.6 is 0 Å². The zero-order chi connectivity index (χ0) is 12.8. The predicted octanol–water partition coefficient (Wildman–Crippen LogP) is -0.292. The first-order valence-corrected chi connectivity index (χ1v) is 5.43. The molecule has 1 heterocycles. The van der Waals surface area contributed by atoms with Gasteiger partial charge in [0.05, 0.1) is 6.42 Å². The number of carboxylic acids is 1. The molecule has 94 valence electrons. The molecular formula is C11H16N2O4. The predicted molar refractivity (Wildman–Crippen MR) is 60.2 cm³/mol. The molecule has 0 bridgehead atoms. The molecule has 1 fully saturated rings. The van der Waals surface area contributed by atoms with E-state index in [-0.39, 0.29) is 18.2 Å². The first-order valence-electron chi connectivity index (χ1n) is 5.43. The molecule has 17 heavy (non-hydrogen) atoms. The van der Waals surface area contributed by atoms with Gasteiger partial charge in [-0.3, -0.25) is 14.4 Å². The van der Waals surface area contributed by atoms with Crippen molar-refractivity contribution in [3.8, 4) is 0 Å². The number of amides is 2. The van der Waals surface area contributed by atoms with E-state index in [1.165, 1.54) is 19.1 Å². The molecule has 1 N–H and O–H groups in total. The van der Waals surface area contributed by atoms with Crippen molar-refractivity contribution < 1.29 is 19.5 Å². The molecule has 0 aromatic carbocycles. The van der Waals surface area contributed by atoms with Crippen LogP contribution in [0, 0.1) is 0 Å². The smallest absolute Gasteiger partial charge is 0.307 e. The van der Waals surface area contributed by atoms with Crippen LogP contribution in [-0.2, 0) is 14.4 Å². The number of carbonyl (C=O) groups excluding carboxylic acids is 2. The third kappa shape index (κ3) is 4.26. The molecule has 1 saturated heterocycles. The van der Waals surface area contributed by atoms with E-state index in [0.29, 0.717) is 26.2 Å². The molecule has 6 nitrogen and oxygen atoms in total. The van der Waals surface area contributed by atoms with Gasteiger partial charge in [-0.1, -0.05) is 6.08 Å². The van der Waals surface area contributed by atoms with E-state index in [4.69, 9.17) is 5.11 Å². The van der Waals surface area contributed by atoms with Gasteiger partial charge < -0.3 is 14.9 Å². The third-order valence-corrected chi connectivity index (χ3v) is 2.59. The van der Waals surface area contributed by atoms with Gasteiger partial charge in [0, 0.05) is 33.1 Å². The summed E-state index contributed by atoms with van der Waals surface area (Å²) < 4.78 is 0. The SMILES string of the molecule is CC(=O)N1CCN(C(=O)/C=C/CC(=O)O)CC1. The summed E-state index contributed by atoms with van der Waals surface area (Å²) in [5, 5.41) is 8.41. The van der Waals surface area contributed by atoms with Gasteiger partial charge in [0.25, 0.3) is 0 Å². The van der Waals surface area contributed by atoms with Crippen molar-refractivity contribution in [2.24, 2.45) is 0 Å². The van der Waals surface area contributed by atoms with Crippen molar-refractivity contribution in [3.63, 3.8) is 0 Å². The van der Waals surface area contributed by atoms with E-state index in [9.17, 15) is 14.4 Å². The maximum Gasteiger partial charge on any atom is 0.307 e. The summed E-state index contributed by atoms with van der Waals surface area (Å²) in [5.41, 5.74) is 0. The summed E-state index contributed by atoms with van der Waals surface area (Å²) in [6.45, 7) is 3.57. The Labute approximate surface area is 99.5 Å². The summed E-state index contributed by atoms with van der Waals surface area (Å²) in [6, 6.07) is 0. The lowest BCUT2D eigenvalue weighted by Crippen LogP contribution is -2.49. The van der Waals surface area contributed by atoms with Crippen LogP contribution in [0.3, 0.4) is 0 Å². The zero-order valence-corrected chi connectivity index (χ0v) is 9.76. The van der Waals surface area contributed by atoms with Gasteiger partial charge in [-0.15, -0.1) is 0 Å². The normalized spacial score (nSPS) is 16.3. The summed E-state index contributed by atoms with van der Waals surface area (Å²) in [4.78, 5) is 36.2. The van der Waals surface area contributed by atoms with Gasteiger partial charge in [-0.25, -0.2) is 0 Å². The van der Waals surface area contributed by atoms with Crippen molar-refractivity contribution >= 4 is 17.8 Å². The number of hydrogen-bond acceptors (Lipinski definition) is 3. The van der Waals surface area contributed by atoms with Crippen LogP contribution < -0.4 is 0 Å². The molecule has 0 aromatic heterocycles. The Morgan fingerprint density at radius 3 is 2.12 bits per heavy atom. The Bertz CT molecular complexity index is 343. The van der Waals surface area contributed by atoms with E-state index in [0.717, 1.165) is 0 Å². The van der Waals surface area contributed by atoms with Crippen LogP contribution in [0.4, 0.5) is 0 Å². The number of rotatable bonds is 3. The minimum absolute atomic E-state index is 0.0125. The van der Waals surface area contributed by atoms with E-state index in [1.54, 1.807) is 9.80 Å². The number of nitrogens with zero attached hydrogens (tertiary/aromatic N) is 2. The molecule has 0 aliphatic carbocycles.